The highest BCUT2D eigenvalue weighted by atomic mass is 16.4. The number of nitrogens with one attached hydrogen (secondary N) is 1. The van der Waals surface area contributed by atoms with Gasteiger partial charge in [-0.05, 0) is 31.7 Å². The average molecular weight is 172 g/mol. The Morgan fingerprint density at radius 3 is 2.92 bits per heavy atom. The number of amides is 1. The Balaban J connectivity index is 2.30. The molecule has 0 saturated heterocycles. The Morgan fingerprint density at radius 2 is 2.33 bits per heavy atom. The molecule has 12 heavy (non-hydrogen) atoms. The third-order valence-electron chi connectivity index (χ3n) is 2.44. The summed E-state index contributed by atoms with van der Waals surface area (Å²) in [7, 11) is 0. The lowest BCUT2D eigenvalue weighted by Gasteiger charge is -2.27. The fourth-order valence-electron chi connectivity index (χ4n) is 1.81. The summed E-state index contributed by atoms with van der Waals surface area (Å²) in [5.74, 6) is 0.510. The highest BCUT2D eigenvalue weighted by Crippen LogP contribution is 2.22. The van der Waals surface area contributed by atoms with Crippen LogP contribution in [0.1, 0.15) is 25.7 Å². The smallest absolute Gasteiger partial charge is 0.404 e. The van der Waals surface area contributed by atoms with Crippen LogP contribution in [0, 0.1) is 5.92 Å². The van der Waals surface area contributed by atoms with Crippen LogP contribution < -0.4 is 11.1 Å². The predicted octanol–water partition coefficient (Wildman–Crippen LogP) is 0.772. The summed E-state index contributed by atoms with van der Waals surface area (Å²) in [5.41, 5.74) is 5.52. The van der Waals surface area contributed by atoms with Crippen molar-refractivity contribution in [3.8, 4) is 0 Å². The van der Waals surface area contributed by atoms with Crippen LogP contribution in [0.5, 0.6) is 0 Å². The van der Waals surface area contributed by atoms with E-state index >= 15 is 0 Å². The summed E-state index contributed by atoms with van der Waals surface area (Å²) < 4.78 is 0. The van der Waals surface area contributed by atoms with Gasteiger partial charge in [0.2, 0.25) is 0 Å². The fraction of sp³-hybridized carbons (Fsp3) is 0.875. The quantitative estimate of drug-likeness (QED) is 0.576. The zero-order valence-electron chi connectivity index (χ0n) is 7.12. The van der Waals surface area contributed by atoms with E-state index in [0.717, 1.165) is 25.7 Å². The second-order valence-corrected chi connectivity index (χ2v) is 3.41. The first-order valence-electron chi connectivity index (χ1n) is 4.42. The largest absolute Gasteiger partial charge is 0.465 e. The molecule has 4 N–H and O–H groups in total. The van der Waals surface area contributed by atoms with Gasteiger partial charge in [0.1, 0.15) is 0 Å². The molecule has 0 aromatic heterocycles. The summed E-state index contributed by atoms with van der Waals surface area (Å²) in [6.07, 6.45) is 3.19. The van der Waals surface area contributed by atoms with Crippen LogP contribution in [0.15, 0.2) is 0 Å². The maximum Gasteiger partial charge on any atom is 0.404 e. The number of hydrogen-bond donors (Lipinski definition) is 3. The second kappa shape index (κ2) is 4.30. The van der Waals surface area contributed by atoms with Crippen molar-refractivity contribution in [2.75, 3.05) is 6.54 Å². The zero-order chi connectivity index (χ0) is 8.97. The molecule has 1 saturated carbocycles. The first kappa shape index (κ1) is 9.32. The van der Waals surface area contributed by atoms with E-state index in [1.807, 2.05) is 0 Å². The number of carbonyl (C=O) groups is 1. The molecule has 0 aromatic rings. The van der Waals surface area contributed by atoms with Gasteiger partial charge < -0.3 is 16.2 Å². The second-order valence-electron chi connectivity index (χ2n) is 3.41. The van der Waals surface area contributed by atoms with Crippen molar-refractivity contribution < 1.29 is 9.90 Å². The molecule has 0 bridgehead atoms. The number of carboxylic acid groups (broad SMARTS) is 1. The van der Waals surface area contributed by atoms with Crippen molar-refractivity contribution in [2.45, 2.75) is 31.7 Å². The van der Waals surface area contributed by atoms with Crippen molar-refractivity contribution >= 4 is 6.09 Å². The van der Waals surface area contributed by atoms with E-state index in [1.54, 1.807) is 0 Å². The van der Waals surface area contributed by atoms with Crippen LogP contribution in [0.3, 0.4) is 0 Å². The van der Waals surface area contributed by atoms with E-state index in [9.17, 15) is 4.79 Å². The Bertz CT molecular complexity index is 161. The van der Waals surface area contributed by atoms with Gasteiger partial charge in [-0.2, -0.15) is 0 Å². The van der Waals surface area contributed by atoms with E-state index in [4.69, 9.17) is 10.8 Å². The minimum Gasteiger partial charge on any atom is -0.465 e. The van der Waals surface area contributed by atoms with E-state index in [0.29, 0.717) is 12.5 Å². The molecular weight excluding hydrogens is 156 g/mol. The first-order valence-corrected chi connectivity index (χ1v) is 4.42. The lowest BCUT2D eigenvalue weighted by molar-refractivity contribution is 0.181. The average Bonchev–Trinajstić information content (AvgIpc) is 2.03. The molecule has 4 nitrogen and oxygen atoms in total. The van der Waals surface area contributed by atoms with E-state index < -0.39 is 6.09 Å². The molecule has 1 aliphatic carbocycles. The summed E-state index contributed by atoms with van der Waals surface area (Å²) >= 11 is 0. The van der Waals surface area contributed by atoms with Gasteiger partial charge in [-0.25, -0.2) is 4.79 Å². The van der Waals surface area contributed by atoms with Crippen molar-refractivity contribution in [3.05, 3.63) is 0 Å². The van der Waals surface area contributed by atoms with Crippen molar-refractivity contribution in [1.29, 1.82) is 0 Å². The van der Waals surface area contributed by atoms with Crippen LogP contribution in [0.4, 0.5) is 4.79 Å². The summed E-state index contributed by atoms with van der Waals surface area (Å²) in [5, 5.41) is 11.0. The van der Waals surface area contributed by atoms with Crippen LogP contribution in [-0.4, -0.2) is 23.8 Å². The van der Waals surface area contributed by atoms with Gasteiger partial charge in [-0.3, -0.25) is 0 Å². The molecule has 70 valence electrons. The lowest BCUT2D eigenvalue weighted by atomic mass is 9.86. The number of nitrogens with two attached hydrogens (primary N) is 1. The third-order valence-corrected chi connectivity index (χ3v) is 2.44. The summed E-state index contributed by atoms with van der Waals surface area (Å²) in [6, 6.07) is 0.129. The monoisotopic (exact) mass is 172 g/mol. The molecule has 4 heteroatoms. The van der Waals surface area contributed by atoms with Gasteiger partial charge in [0.15, 0.2) is 0 Å². The van der Waals surface area contributed by atoms with E-state index in [-0.39, 0.29) is 6.04 Å². The maximum absolute atomic E-state index is 10.3. The molecule has 2 unspecified atom stereocenters. The SMILES string of the molecule is NCC1CCCC(NC(=O)O)C1. The standard InChI is InChI=1S/C8H16N2O2/c9-5-6-2-1-3-7(4-6)10-8(11)12/h6-7,10H,1-5,9H2,(H,11,12). The first-order chi connectivity index (χ1) is 5.72. The van der Waals surface area contributed by atoms with Crippen LogP contribution in [0.25, 0.3) is 0 Å². The molecule has 0 radical (unpaired) electrons. The minimum absolute atomic E-state index is 0.129. The Hall–Kier alpha value is -0.770. The molecular formula is C8H16N2O2. The molecule has 0 aromatic carbocycles. The van der Waals surface area contributed by atoms with Crippen molar-refractivity contribution in [1.82, 2.24) is 5.32 Å². The molecule has 2 atom stereocenters. The van der Waals surface area contributed by atoms with Crippen LogP contribution in [-0.2, 0) is 0 Å². The predicted molar refractivity (Wildman–Crippen MR) is 46.0 cm³/mol. The zero-order valence-corrected chi connectivity index (χ0v) is 7.12. The molecule has 0 spiro atoms. The fourth-order valence-corrected chi connectivity index (χ4v) is 1.81. The maximum atomic E-state index is 10.3. The molecule has 0 heterocycles. The topological polar surface area (TPSA) is 75.3 Å². The minimum atomic E-state index is -0.919. The van der Waals surface area contributed by atoms with E-state index in [2.05, 4.69) is 5.32 Å². The van der Waals surface area contributed by atoms with Crippen LogP contribution in [0.2, 0.25) is 0 Å². The summed E-state index contributed by atoms with van der Waals surface area (Å²) in [6.45, 7) is 0.678. The van der Waals surface area contributed by atoms with Crippen LogP contribution >= 0.6 is 0 Å². The third kappa shape index (κ3) is 2.70. The van der Waals surface area contributed by atoms with Gasteiger partial charge >= 0.3 is 6.09 Å². The summed E-state index contributed by atoms with van der Waals surface area (Å²) in [4.78, 5) is 10.3. The molecule has 1 fully saturated rings. The molecule has 1 aliphatic rings. The Labute approximate surface area is 72.1 Å². The molecule has 0 aliphatic heterocycles. The number of rotatable bonds is 2. The van der Waals surface area contributed by atoms with Gasteiger partial charge in [0.05, 0.1) is 0 Å². The van der Waals surface area contributed by atoms with Gasteiger partial charge in [0.25, 0.3) is 0 Å². The highest BCUT2D eigenvalue weighted by Gasteiger charge is 2.21. The van der Waals surface area contributed by atoms with Crippen molar-refractivity contribution in [2.24, 2.45) is 11.7 Å². The lowest BCUT2D eigenvalue weighted by Crippen LogP contribution is -2.38. The normalized spacial score (nSPS) is 29.8. The molecule has 1 rings (SSSR count). The van der Waals surface area contributed by atoms with E-state index in [1.165, 1.54) is 0 Å². The Kier molecular flexibility index (Phi) is 3.34. The van der Waals surface area contributed by atoms with Gasteiger partial charge in [-0.1, -0.05) is 6.42 Å². The number of hydrogen-bond acceptors (Lipinski definition) is 2. The van der Waals surface area contributed by atoms with Gasteiger partial charge in [0, 0.05) is 6.04 Å². The highest BCUT2D eigenvalue weighted by molar-refractivity contribution is 5.64. The van der Waals surface area contributed by atoms with Gasteiger partial charge in [-0.15, -0.1) is 0 Å². The van der Waals surface area contributed by atoms with Crippen molar-refractivity contribution in [3.63, 3.8) is 0 Å². The Morgan fingerprint density at radius 1 is 1.58 bits per heavy atom. The molecule has 1 amide bonds.